The lowest BCUT2D eigenvalue weighted by atomic mass is 10.1. The van der Waals surface area contributed by atoms with E-state index in [1.807, 2.05) is 0 Å². The van der Waals surface area contributed by atoms with Crippen molar-refractivity contribution in [2.45, 2.75) is 12.4 Å². The van der Waals surface area contributed by atoms with E-state index in [0.717, 1.165) is 7.11 Å². The molecule has 18 heavy (non-hydrogen) atoms. The summed E-state index contributed by atoms with van der Waals surface area (Å²) in [6.07, 6.45) is -10.2. The third kappa shape index (κ3) is 2.90. The van der Waals surface area contributed by atoms with Gasteiger partial charge in [0.05, 0.1) is 12.7 Å². The number of rotatable bonds is 1. The molecule has 0 spiro atoms. The van der Waals surface area contributed by atoms with Crippen molar-refractivity contribution in [3.63, 3.8) is 0 Å². The summed E-state index contributed by atoms with van der Waals surface area (Å²) < 4.78 is 78.1. The topological polar surface area (TPSA) is 39.2 Å². The maximum absolute atomic E-state index is 12.5. The van der Waals surface area contributed by atoms with Crippen molar-refractivity contribution in [2.75, 3.05) is 7.11 Å². The zero-order valence-corrected chi connectivity index (χ0v) is 8.69. The van der Waals surface area contributed by atoms with Gasteiger partial charge in [-0.2, -0.15) is 26.3 Å². The summed E-state index contributed by atoms with van der Waals surface area (Å²) in [5.74, 6) is -1.41. The lowest BCUT2D eigenvalue weighted by Gasteiger charge is -2.13. The highest BCUT2D eigenvalue weighted by Crippen LogP contribution is 2.34. The first kappa shape index (κ1) is 14.3. The van der Waals surface area contributed by atoms with Gasteiger partial charge < -0.3 is 4.74 Å². The molecule has 0 atom stereocenters. The van der Waals surface area contributed by atoms with Gasteiger partial charge in [0.15, 0.2) is 5.69 Å². The molecule has 0 saturated carbocycles. The second-order valence-electron chi connectivity index (χ2n) is 3.08. The van der Waals surface area contributed by atoms with E-state index in [4.69, 9.17) is 0 Å². The highest BCUT2D eigenvalue weighted by Gasteiger charge is 2.41. The van der Waals surface area contributed by atoms with Crippen LogP contribution in [0.5, 0.6) is 0 Å². The van der Waals surface area contributed by atoms with E-state index in [-0.39, 0.29) is 6.07 Å². The Kier molecular flexibility index (Phi) is 3.54. The number of esters is 1. The van der Waals surface area contributed by atoms with Crippen LogP contribution in [-0.2, 0) is 17.1 Å². The molecule has 0 aliphatic rings. The molecule has 0 amide bonds. The van der Waals surface area contributed by atoms with Crippen molar-refractivity contribution in [1.82, 2.24) is 4.98 Å². The smallest absolute Gasteiger partial charge is 0.434 e. The molecule has 9 heteroatoms. The molecule has 0 radical (unpaired) electrons. The van der Waals surface area contributed by atoms with Crippen LogP contribution in [0, 0.1) is 0 Å². The average Bonchev–Trinajstić information content (AvgIpc) is 2.24. The van der Waals surface area contributed by atoms with Crippen molar-refractivity contribution in [3.05, 3.63) is 29.1 Å². The molecule has 0 fully saturated rings. The lowest BCUT2D eigenvalue weighted by Crippen LogP contribution is -2.20. The Labute approximate surface area is 96.4 Å². The van der Waals surface area contributed by atoms with Gasteiger partial charge >= 0.3 is 18.3 Å². The summed E-state index contributed by atoms with van der Waals surface area (Å²) >= 11 is 0. The van der Waals surface area contributed by atoms with Crippen LogP contribution in [0.25, 0.3) is 0 Å². The fourth-order valence-electron chi connectivity index (χ4n) is 1.11. The third-order valence-corrected chi connectivity index (χ3v) is 1.86. The standard InChI is InChI=1S/C9H5F6NO2/c1-18-7(17)4-2-3-5(8(10,11)12)16-6(4)9(13,14)15/h2-3H,1H3. The number of pyridine rings is 1. The molecular weight excluding hydrogens is 268 g/mol. The first-order valence-corrected chi connectivity index (χ1v) is 4.31. The van der Waals surface area contributed by atoms with Crippen LogP contribution in [0.15, 0.2) is 12.1 Å². The van der Waals surface area contributed by atoms with Crippen LogP contribution < -0.4 is 0 Å². The minimum absolute atomic E-state index is 0.279. The van der Waals surface area contributed by atoms with Gasteiger partial charge in [-0.1, -0.05) is 0 Å². The number of hydrogen-bond acceptors (Lipinski definition) is 3. The van der Waals surface area contributed by atoms with Crippen molar-refractivity contribution >= 4 is 5.97 Å². The molecule has 1 heterocycles. The Balaban J connectivity index is 3.44. The van der Waals surface area contributed by atoms with Crippen molar-refractivity contribution in [1.29, 1.82) is 0 Å². The van der Waals surface area contributed by atoms with E-state index < -0.39 is 35.3 Å². The van der Waals surface area contributed by atoms with Crippen molar-refractivity contribution in [3.8, 4) is 0 Å². The lowest BCUT2D eigenvalue weighted by molar-refractivity contribution is -0.150. The zero-order valence-electron chi connectivity index (χ0n) is 8.69. The minimum Gasteiger partial charge on any atom is -0.465 e. The average molecular weight is 273 g/mol. The maximum atomic E-state index is 12.5. The van der Waals surface area contributed by atoms with Gasteiger partial charge in [0, 0.05) is 0 Å². The quantitative estimate of drug-likeness (QED) is 0.583. The first-order valence-electron chi connectivity index (χ1n) is 4.31. The summed E-state index contributed by atoms with van der Waals surface area (Å²) in [6, 6.07) is 0.659. The maximum Gasteiger partial charge on any atom is 0.434 e. The molecule has 0 unspecified atom stereocenters. The molecule has 0 aromatic carbocycles. The summed E-state index contributed by atoms with van der Waals surface area (Å²) in [6.45, 7) is 0. The molecule has 0 N–H and O–H groups in total. The Morgan fingerprint density at radius 1 is 1.11 bits per heavy atom. The van der Waals surface area contributed by atoms with Gasteiger partial charge in [0.1, 0.15) is 5.69 Å². The van der Waals surface area contributed by atoms with Gasteiger partial charge in [-0.05, 0) is 12.1 Å². The van der Waals surface area contributed by atoms with Crippen LogP contribution in [-0.4, -0.2) is 18.1 Å². The van der Waals surface area contributed by atoms with Gasteiger partial charge in [0.2, 0.25) is 0 Å². The fraction of sp³-hybridized carbons (Fsp3) is 0.333. The zero-order chi connectivity index (χ0) is 14.1. The highest BCUT2D eigenvalue weighted by molar-refractivity contribution is 5.90. The predicted molar refractivity (Wildman–Crippen MR) is 45.6 cm³/mol. The Morgan fingerprint density at radius 3 is 2.06 bits per heavy atom. The Morgan fingerprint density at radius 2 is 1.67 bits per heavy atom. The van der Waals surface area contributed by atoms with Crippen molar-refractivity contribution < 1.29 is 35.9 Å². The number of methoxy groups -OCH3 is 1. The molecule has 0 bridgehead atoms. The van der Waals surface area contributed by atoms with Gasteiger partial charge in [0.25, 0.3) is 0 Å². The molecule has 100 valence electrons. The van der Waals surface area contributed by atoms with Gasteiger partial charge in [-0.25, -0.2) is 9.78 Å². The molecule has 0 saturated heterocycles. The molecule has 0 aliphatic carbocycles. The summed E-state index contributed by atoms with van der Waals surface area (Å²) in [7, 11) is 0.806. The van der Waals surface area contributed by atoms with E-state index in [1.54, 1.807) is 0 Å². The number of carbonyl (C=O) groups is 1. The van der Waals surface area contributed by atoms with Crippen LogP contribution >= 0.6 is 0 Å². The minimum atomic E-state index is -5.19. The van der Waals surface area contributed by atoms with E-state index in [2.05, 4.69) is 9.72 Å². The summed E-state index contributed by atoms with van der Waals surface area (Å²) in [4.78, 5) is 13.4. The predicted octanol–water partition coefficient (Wildman–Crippen LogP) is 2.91. The monoisotopic (exact) mass is 273 g/mol. The van der Waals surface area contributed by atoms with E-state index in [1.165, 1.54) is 0 Å². The van der Waals surface area contributed by atoms with E-state index in [0.29, 0.717) is 6.07 Å². The highest BCUT2D eigenvalue weighted by atomic mass is 19.4. The Hall–Kier alpha value is -1.80. The number of carbonyl (C=O) groups excluding carboxylic acids is 1. The number of alkyl halides is 6. The molecule has 0 aliphatic heterocycles. The largest absolute Gasteiger partial charge is 0.465 e. The SMILES string of the molecule is COC(=O)c1ccc(C(F)(F)F)nc1C(F)(F)F. The number of ether oxygens (including phenoxy) is 1. The number of halogens is 6. The third-order valence-electron chi connectivity index (χ3n) is 1.86. The van der Waals surface area contributed by atoms with Crippen LogP contribution in [0.4, 0.5) is 26.3 Å². The van der Waals surface area contributed by atoms with E-state index >= 15 is 0 Å². The van der Waals surface area contributed by atoms with E-state index in [9.17, 15) is 31.1 Å². The second kappa shape index (κ2) is 4.46. The van der Waals surface area contributed by atoms with Crippen LogP contribution in [0.3, 0.4) is 0 Å². The van der Waals surface area contributed by atoms with Crippen LogP contribution in [0.2, 0.25) is 0 Å². The number of nitrogens with zero attached hydrogens (tertiary/aromatic N) is 1. The molecular formula is C9H5F6NO2. The van der Waals surface area contributed by atoms with Gasteiger partial charge in [-0.15, -0.1) is 0 Å². The summed E-state index contributed by atoms with van der Waals surface area (Å²) in [5.41, 5.74) is -4.73. The second-order valence-corrected chi connectivity index (χ2v) is 3.08. The number of hydrogen-bond donors (Lipinski definition) is 0. The van der Waals surface area contributed by atoms with Gasteiger partial charge in [-0.3, -0.25) is 0 Å². The summed E-state index contributed by atoms with van der Waals surface area (Å²) in [5, 5.41) is 0. The Bertz CT molecular complexity index is 465. The molecule has 1 aromatic rings. The van der Waals surface area contributed by atoms with Crippen LogP contribution in [0.1, 0.15) is 21.7 Å². The normalized spacial score (nSPS) is 12.4. The molecule has 1 rings (SSSR count). The molecule has 3 nitrogen and oxygen atoms in total. The number of aromatic nitrogens is 1. The first-order chi connectivity index (χ1) is 8.07. The molecule has 1 aromatic heterocycles. The fourth-order valence-corrected chi connectivity index (χ4v) is 1.11. The van der Waals surface area contributed by atoms with Crippen molar-refractivity contribution in [2.24, 2.45) is 0 Å².